The van der Waals surface area contributed by atoms with E-state index in [0.717, 1.165) is 42.6 Å². The maximum absolute atomic E-state index is 7.61. The van der Waals surface area contributed by atoms with E-state index in [9.17, 15) is 0 Å². The minimum Gasteiger partial charge on any atom is -0.468 e. The van der Waals surface area contributed by atoms with Gasteiger partial charge in [0, 0.05) is 33.7 Å². The Balaban J connectivity index is 1.26. The molecule has 4 aliphatic rings. The molecule has 11 rings (SSSR count). The van der Waals surface area contributed by atoms with E-state index in [-0.39, 0.29) is 33.8 Å². The normalized spacial score (nSPS) is 17.6. The van der Waals surface area contributed by atoms with E-state index in [2.05, 4.69) is 222 Å². The molecule has 3 nitrogen and oxygen atoms in total. The summed E-state index contributed by atoms with van der Waals surface area (Å²) in [6.45, 7) is 33.1. The van der Waals surface area contributed by atoms with Crippen molar-refractivity contribution >= 4 is 68.0 Å². The summed E-state index contributed by atoms with van der Waals surface area (Å²) in [6, 6.07) is 42.4. The Hall–Kier alpha value is -5.74. The van der Waals surface area contributed by atoms with Crippen LogP contribution in [0.5, 0.6) is 0 Å². The van der Waals surface area contributed by atoms with Crippen LogP contribution in [0.25, 0.3) is 32.9 Å². The molecule has 1 aromatic heterocycles. The van der Waals surface area contributed by atoms with Crippen molar-refractivity contribution in [1.82, 2.24) is 0 Å². The quantitative estimate of drug-likeness (QED) is 0.165. The number of rotatable bonds is 3. The number of benzene rings is 6. The predicted octanol–water partition coefficient (Wildman–Crippen LogP) is 16.6. The average molecular weight is 881 g/mol. The van der Waals surface area contributed by atoms with Crippen LogP contribution < -0.4 is 20.9 Å². The predicted molar refractivity (Wildman–Crippen MR) is 289 cm³/mol. The van der Waals surface area contributed by atoms with Gasteiger partial charge in [-0.1, -0.05) is 162 Å². The van der Waals surface area contributed by atoms with Crippen LogP contribution in [0.4, 0.5) is 28.4 Å². The highest BCUT2D eigenvalue weighted by Gasteiger charge is 2.49. The number of furan rings is 1. The van der Waals surface area contributed by atoms with Gasteiger partial charge >= 0.3 is 0 Å². The van der Waals surface area contributed by atoms with E-state index in [4.69, 9.17) is 4.42 Å². The zero-order valence-corrected chi connectivity index (χ0v) is 42.7. The van der Waals surface area contributed by atoms with Crippen LogP contribution in [0, 0.1) is 12.3 Å². The zero-order chi connectivity index (χ0) is 47.3. The molecule has 0 N–H and O–H groups in total. The first-order valence-corrected chi connectivity index (χ1v) is 25.0. The van der Waals surface area contributed by atoms with E-state index in [1.807, 2.05) is 0 Å². The Kier molecular flexibility index (Phi) is 9.57. The standard InChI is InChI=1S/C63H69BN2O/c1-38-32-53-56-54(33-38)66(51-28-24-41(60(5,6)7)34-46(51)45-21-17-19-39-18-15-16-20-44(39)45)52-29-25-42(61(8,9)10)35-50(52)64(56)58-57(65(53)43-26-22-40(23-27-43)59(2,3)4)47-36-48-49(37-55(47)67-58)63(13,14)31-30-62(48,11)12/h15-24,26-28,32-37H,25,29-31H2,1-14H3. The molecular weight excluding hydrogens is 812 g/mol. The van der Waals surface area contributed by atoms with Crippen molar-refractivity contribution < 1.29 is 4.42 Å². The van der Waals surface area contributed by atoms with Crippen LogP contribution in [-0.2, 0) is 21.7 Å². The fraction of sp³-hybridized carbons (Fsp3) is 0.365. The summed E-state index contributed by atoms with van der Waals surface area (Å²) in [5.74, 6) is 0. The van der Waals surface area contributed by atoms with Gasteiger partial charge in [-0.25, -0.2) is 0 Å². The Bertz CT molecular complexity index is 3250. The van der Waals surface area contributed by atoms with Gasteiger partial charge in [-0.2, -0.15) is 0 Å². The molecule has 0 fully saturated rings. The van der Waals surface area contributed by atoms with Crippen molar-refractivity contribution in [2.75, 3.05) is 9.80 Å². The Morgan fingerprint density at radius 3 is 1.87 bits per heavy atom. The maximum Gasteiger partial charge on any atom is 0.296 e. The maximum atomic E-state index is 7.61. The van der Waals surface area contributed by atoms with Crippen molar-refractivity contribution in [3.8, 4) is 11.1 Å². The summed E-state index contributed by atoms with van der Waals surface area (Å²) in [7, 11) is 0. The van der Waals surface area contributed by atoms with Crippen LogP contribution in [0.15, 0.2) is 136 Å². The first kappa shape index (κ1) is 43.8. The lowest BCUT2D eigenvalue weighted by molar-refractivity contribution is 0.332. The third-order valence-electron chi connectivity index (χ3n) is 16.2. The molecule has 0 radical (unpaired) electrons. The molecule has 3 heterocycles. The van der Waals surface area contributed by atoms with Crippen LogP contribution in [0.1, 0.15) is 144 Å². The summed E-state index contributed by atoms with van der Waals surface area (Å²) >= 11 is 0. The number of nitrogens with zero attached hydrogens (tertiary/aromatic N) is 2. The highest BCUT2D eigenvalue weighted by molar-refractivity contribution is 6.95. The van der Waals surface area contributed by atoms with Gasteiger partial charge in [-0.15, -0.1) is 0 Å². The molecule has 67 heavy (non-hydrogen) atoms. The van der Waals surface area contributed by atoms with Gasteiger partial charge in [0.15, 0.2) is 0 Å². The fourth-order valence-corrected chi connectivity index (χ4v) is 12.1. The largest absolute Gasteiger partial charge is 0.468 e. The monoisotopic (exact) mass is 881 g/mol. The lowest BCUT2D eigenvalue weighted by Crippen LogP contribution is -2.55. The van der Waals surface area contributed by atoms with Gasteiger partial charge in [0.2, 0.25) is 0 Å². The molecule has 0 saturated carbocycles. The summed E-state index contributed by atoms with van der Waals surface area (Å²) in [6.07, 6.45) is 6.88. The molecule has 0 saturated heterocycles. The van der Waals surface area contributed by atoms with E-state index < -0.39 is 0 Å². The van der Waals surface area contributed by atoms with E-state index >= 15 is 0 Å². The Labute approximate surface area is 401 Å². The molecule has 2 aliphatic heterocycles. The third kappa shape index (κ3) is 6.89. The molecule has 340 valence electrons. The topological polar surface area (TPSA) is 19.6 Å². The summed E-state index contributed by atoms with van der Waals surface area (Å²) in [5, 5.41) is 3.75. The third-order valence-corrected chi connectivity index (χ3v) is 16.2. The summed E-state index contributed by atoms with van der Waals surface area (Å²) < 4.78 is 7.61. The molecule has 7 aromatic rings. The highest BCUT2D eigenvalue weighted by Crippen LogP contribution is 2.54. The van der Waals surface area contributed by atoms with E-state index in [0.29, 0.717) is 0 Å². The number of fused-ring (bicyclic) bond motifs is 7. The lowest BCUT2D eigenvalue weighted by atomic mass is 9.34. The SMILES string of the molecule is Cc1cc2c3c(c1)N(c1ccc(C(C)(C)C)cc1)c1c(oc4cc5c(cc14)C(C)(C)CCC5(C)C)B3C1=C(CCC(C(C)(C)C)=C1)N2c1ccc(C(C)(C)C)cc1-c1cccc2ccccc12. The number of anilines is 5. The molecule has 2 aliphatic carbocycles. The van der Waals surface area contributed by atoms with Crippen molar-refractivity contribution in [3.63, 3.8) is 0 Å². The first-order chi connectivity index (χ1) is 31.5. The van der Waals surface area contributed by atoms with E-state index in [1.54, 1.807) is 0 Å². The Morgan fingerprint density at radius 1 is 0.567 bits per heavy atom. The number of allylic oxidation sites excluding steroid dienone is 4. The van der Waals surface area contributed by atoms with Crippen LogP contribution >= 0.6 is 0 Å². The summed E-state index contributed by atoms with van der Waals surface area (Å²) in [5.41, 5.74) is 23.1. The molecule has 0 atom stereocenters. The van der Waals surface area contributed by atoms with Crippen molar-refractivity contribution in [2.24, 2.45) is 5.41 Å². The van der Waals surface area contributed by atoms with Crippen LogP contribution in [0.2, 0.25) is 0 Å². The van der Waals surface area contributed by atoms with Gasteiger partial charge in [-0.05, 0) is 163 Å². The first-order valence-electron chi connectivity index (χ1n) is 25.0. The lowest BCUT2D eigenvalue weighted by Gasteiger charge is -2.46. The van der Waals surface area contributed by atoms with Crippen molar-refractivity contribution in [3.05, 3.63) is 160 Å². The molecular formula is C63H69BN2O. The second kappa shape index (κ2) is 14.6. The molecule has 0 amide bonds. The second-order valence-electron chi connectivity index (χ2n) is 24.9. The van der Waals surface area contributed by atoms with Gasteiger partial charge in [0.25, 0.3) is 6.71 Å². The molecule has 6 aromatic carbocycles. The van der Waals surface area contributed by atoms with Crippen LogP contribution in [0.3, 0.4) is 0 Å². The molecule has 0 bridgehead atoms. The minimum absolute atomic E-state index is 0.0185. The zero-order valence-electron chi connectivity index (χ0n) is 42.7. The highest BCUT2D eigenvalue weighted by atomic mass is 16.3. The van der Waals surface area contributed by atoms with E-state index in [1.165, 1.54) is 100 Å². The van der Waals surface area contributed by atoms with Gasteiger partial charge in [0.05, 0.1) is 17.0 Å². The van der Waals surface area contributed by atoms with Gasteiger partial charge in [-0.3, -0.25) is 0 Å². The smallest absolute Gasteiger partial charge is 0.296 e. The van der Waals surface area contributed by atoms with Crippen molar-refractivity contribution in [2.45, 2.75) is 144 Å². The number of hydrogen-bond acceptors (Lipinski definition) is 3. The number of hydrogen-bond donors (Lipinski definition) is 0. The second-order valence-corrected chi connectivity index (χ2v) is 24.9. The fourth-order valence-electron chi connectivity index (χ4n) is 12.1. The average Bonchev–Trinajstić information content (AvgIpc) is 3.64. The molecule has 0 spiro atoms. The van der Waals surface area contributed by atoms with Crippen molar-refractivity contribution in [1.29, 1.82) is 0 Å². The van der Waals surface area contributed by atoms with Gasteiger partial charge < -0.3 is 14.2 Å². The molecule has 0 unspecified atom stereocenters. The summed E-state index contributed by atoms with van der Waals surface area (Å²) in [4.78, 5) is 5.27. The Morgan fingerprint density at radius 2 is 1.19 bits per heavy atom. The van der Waals surface area contributed by atoms with Gasteiger partial charge in [0.1, 0.15) is 5.58 Å². The van der Waals surface area contributed by atoms with Crippen LogP contribution in [-0.4, -0.2) is 6.71 Å². The minimum atomic E-state index is -0.0881. The molecule has 4 heteroatoms. The number of aryl methyl sites for hydroxylation is 1.